The molecule has 0 atom stereocenters. The van der Waals surface area contributed by atoms with Gasteiger partial charge in [-0.1, -0.05) is 88.6 Å². The molecule has 0 bridgehead atoms. The zero-order valence-electron chi connectivity index (χ0n) is 18.4. The van der Waals surface area contributed by atoms with Gasteiger partial charge in [0.1, 0.15) is 0 Å². The first-order valence-electron chi connectivity index (χ1n) is 11.5. The first-order chi connectivity index (χ1) is 15.1. The molecule has 0 unspecified atom stereocenters. The van der Waals surface area contributed by atoms with Crippen LogP contribution in [0.1, 0.15) is 75.9 Å². The van der Waals surface area contributed by atoms with Crippen molar-refractivity contribution >= 4 is 29.0 Å². The Kier molecular flexibility index (Phi) is 8.77. The number of rotatable bonds is 11. The van der Waals surface area contributed by atoms with Gasteiger partial charge in [0.2, 0.25) is 5.91 Å². The lowest BCUT2D eigenvalue weighted by atomic mass is 10.1. The molecule has 4 nitrogen and oxygen atoms in total. The number of para-hydroxylation sites is 2. The van der Waals surface area contributed by atoms with Crippen LogP contribution in [0.15, 0.2) is 59.4 Å². The minimum atomic E-state index is -0.195. The van der Waals surface area contributed by atoms with Crippen LogP contribution in [-0.2, 0) is 0 Å². The quantitative estimate of drug-likeness (QED) is 0.238. The monoisotopic (exact) mass is 436 g/mol. The van der Waals surface area contributed by atoms with E-state index in [0.29, 0.717) is 23.0 Å². The molecule has 0 amide bonds. The molecule has 3 aromatic rings. The minimum absolute atomic E-state index is 0.0474. The summed E-state index contributed by atoms with van der Waals surface area (Å²) < 4.78 is 3.24. The van der Waals surface area contributed by atoms with E-state index in [-0.39, 0.29) is 16.2 Å². The van der Waals surface area contributed by atoms with Gasteiger partial charge in [0.25, 0.3) is 5.56 Å². The second kappa shape index (κ2) is 11.8. The predicted octanol–water partition coefficient (Wildman–Crippen LogP) is 7.08. The van der Waals surface area contributed by atoms with Crippen LogP contribution < -0.4 is 5.56 Å². The molecule has 0 N–H and O–H groups in total. The van der Waals surface area contributed by atoms with Crippen LogP contribution in [0.4, 0.5) is 0 Å². The average Bonchev–Trinajstić information content (AvgIpc) is 2.79. The van der Waals surface area contributed by atoms with Crippen molar-refractivity contribution in [1.82, 2.24) is 9.13 Å². The maximum atomic E-state index is 13.2. The van der Waals surface area contributed by atoms with Crippen LogP contribution in [0.25, 0.3) is 16.6 Å². The zero-order valence-corrected chi connectivity index (χ0v) is 19.2. The van der Waals surface area contributed by atoms with Crippen LogP contribution >= 0.6 is 12.2 Å². The fourth-order valence-corrected chi connectivity index (χ4v) is 4.39. The molecule has 164 valence electrons. The number of unbranched alkanes of at least 4 members (excludes halogenated alkanes) is 8. The Balaban J connectivity index is 1.75. The van der Waals surface area contributed by atoms with E-state index in [1.165, 1.54) is 43.1 Å². The maximum absolute atomic E-state index is 13.2. The molecule has 0 saturated carbocycles. The van der Waals surface area contributed by atoms with Crippen LogP contribution in [-0.4, -0.2) is 15.0 Å². The Labute approximate surface area is 189 Å². The third-order valence-corrected chi connectivity index (χ3v) is 6.08. The normalized spacial score (nSPS) is 11.1. The lowest BCUT2D eigenvalue weighted by molar-refractivity contribution is 0.0900. The van der Waals surface area contributed by atoms with Crippen molar-refractivity contribution in [1.29, 1.82) is 0 Å². The number of carbonyl (C=O) groups excluding carboxylic acids is 1. The molecule has 31 heavy (non-hydrogen) atoms. The summed E-state index contributed by atoms with van der Waals surface area (Å²) in [6.45, 7) is 2.23. The topological polar surface area (TPSA) is 44.0 Å². The van der Waals surface area contributed by atoms with Gasteiger partial charge in [0.15, 0.2) is 4.77 Å². The molecule has 0 aliphatic rings. The lowest BCUT2D eigenvalue weighted by Gasteiger charge is -2.15. The highest BCUT2D eigenvalue weighted by Crippen LogP contribution is 2.17. The first kappa shape index (κ1) is 23.1. The molecule has 3 rings (SSSR count). The van der Waals surface area contributed by atoms with Gasteiger partial charge in [0, 0.05) is 6.42 Å². The fourth-order valence-electron chi connectivity index (χ4n) is 4.00. The number of fused-ring (bicyclic) bond motifs is 1. The smallest absolute Gasteiger partial charge is 0.266 e. The van der Waals surface area contributed by atoms with Gasteiger partial charge in [-0.15, -0.1) is 0 Å². The van der Waals surface area contributed by atoms with E-state index >= 15 is 0 Å². The summed E-state index contributed by atoms with van der Waals surface area (Å²) in [7, 11) is 0. The highest BCUT2D eigenvalue weighted by atomic mass is 32.1. The van der Waals surface area contributed by atoms with Gasteiger partial charge < -0.3 is 0 Å². The molecule has 0 radical (unpaired) electrons. The molecule has 1 heterocycles. The summed E-state index contributed by atoms with van der Waals surface area (Å²) in [5.41, 5.74) is 1.07. The van der Waals surface area contributed by atoms with Crippen LogP contribution in [0, 0.1) is 4.77 Å². The molecule has 0 spiro atoms. The Bertz CT molecular complexity index is 1120. The van der Waals surface area contributed by atoms with E-state index < -0.39 is 0 Å². The van der Waals surface area contributed by atoms with E-state index in [2.05, 4.69) is 6.92 Å². The lowest BCUT2D eigenvalue weighted by Crippen LogP contribution is -2.27. The van der Waals surface area contributed by atoms with Crippen molar-refractivity contribution < 1.29 is 4.79 Å². The van der Waals surface area contributed by atoms with Crippen LogP contribution in [0.2, 0.25) is 0 Å². The number of hydrogen-bond donors (Lipinski definition) is 0. The molecule has 2 aromatic carbocycles. The maximum Gasteiger partial charge on any atom is 0.266 e. The van der Waals surface area contributed by atoms with Crippen molar-refractivity contribution in [2.45, 2.75) is 71.1 Å². The van der Waals surface area contributed by atoms with E-state index in [0.717, 1.165) is 19.3 Å². The van der Waals surface area contributed by atoms with Gasteiger partial charge in [-0.3, -0.25) is 18.7 Å². The zero-order chi connectivity index (χ0) is 22.1. The molecule has 1 aromatic heterocycles. The van der Waals surface area contributed by atoms with Gasteiger partial charge in [-0.2, -0.15) is 0 Å². The Morgan fingerprint density at radius 2 is 1.39 bits per heavy atom. The highest BCUT2D eigenvalue weighted by Gasteiger charge is 2.16. The molecule has 0 fully saturated rings. The summed E-state index contributed by atoms with van der Waals surface area (Å²) in [4.78, 5) is 26.3. The molecular formula is C26H32N2O2S. The van der Waals surface area contributed by atoms with E-state index in [9.17, 15) is 9.59 Å². The van der Waals surface area contributed by atoms with E-state index in [1.807, 2.05) is 42.5 Å². The van der Waals surface area contributed by atoms with Crippen molar-refractivity contribution in [3.8, 4) is 5.69 Å². The Morgan fingerprint density at radius 3 is 2.06 bits per heavy atom. The molecule has 0 aliphatic carbocycles. The van der Waals surface area contributed by atoms with Crippen molar-refractivity contribution in [2.75, 3.05) is 0 Å². The van der Waals surface area contributed by atoms with Crippen molar-refractivity contribution in [3.63, 3.8) is 0 Å². The molecule has 0 saturated heterocycles. The third-order valence-electron chi connectivity index (χ3n) is 5.72. The Hall–Kier alpha value is -2.53. The Morgan fingerprint density at radius 1 is 0.806 bits per heavy atom. The standard InChI is InChI=1S/C26H32N2O2S/c1-2-3-4-5-6-7-8-9-13-20-24(29)28-23-19-15-14-18-22(23)25(30)27(26(28)31)21-16-11-10-12-17-21/h10-12,14-19H,2-9,13,20H2,1H3. The number of aromatic nitrogens is 2. The number of carbonyl (C=O) groups is 1. The van der Waals surface area contributed by atoms with E-state index in [1.54, 1.807) is 16.7 Å². The first-order valence-corrected chi connectivity index (χ1v) is 11.9. The van der Waals surface area contributed by atoms with Gasteiger partial charge in [-0.25, -0.2) is 0 Å². The summed E-state index contributed by atoms with van der Waals surface area (Å²) in [5, 5.41) is 0.500. The number of nitrogens with zero attached hydrogens (tertiary/aromatic N) is 2. The van der Waals surface area contributed by atoms with E-state index in [4.69, 9.17) is 12.2 Å². The number of hydrogen-bond acceptors (Lipinski definition) is 3. The minimum Gasteiger partial charge on any atom is -0.274 e. The van der Waals surface area contributed by atoms with Crippen molar-refractivity contribution in [3.05, 3.63) is 69.7 Å². The summed E-state index contributed by atoms with van der Waals surface area (Å²) in [5.74, 6) is -0.0474. The molecular weight excluding hydrogens is 404 g/mol. The molecule has 0 aliphatic heterocycles. The number of benzene rings is 2. The van der Waals surface area contributed by atoms with Crippen LogP contribution in [0.3, 0.4) is 0 Å². The second-order valence-corrected chi connectivity index (χ2v) is 8.45. The largest absolute Gasteiger partial charge is 0.274 e. The van der Waals surface area contributed by atoms with Crippen LogP contribution in [0.5, 0.6) is 0 Å². The van der Waals surface area contributed by atoms with Gasteiger partial charge in [-0.05, 0) is 42.9 Å². The SMILES string of the molecule is CCCCCCCCCCCC(=O)n1c(=S)n(-c2ccccc2)c(=O)c2ccccc21. The van der Waals surface area contributed by atoms with Gasteiger partial charge in [0.05, 0.1) is 16.6 Å². The second-order valence-electron chi connectivity index (χ2n) is 8.08. The average molecular weight is 437 g/mol. The summed E-state index contributed by atoms with van der Waals surface area (Å²) in [6.07, 6.45) is 11.2. The molecule has 5 heteroatoms. The fraction of sp³-hybridized carbons (Fsp3) is 0.423. The predicted molar refractivity (Wildman–Crippen MR) is 131 cm³/mol. The third kappa shape index (κ3) is 5.79. The summed E-state index contributed by atoms with van der Waals surface area (Å²) >= 11 is 5.64. The summed E-state index contributed by atoms with van der Waals surface area (Å²) in [6, 6.07) is 16.5. The highest BCUT2D eigenvalue weighted by molar-refractivity contribution is 7.71. The van der Waals surface area contributed by atoms with Crippen molar-refractivity contribution in [2.24, 2.45) is 0 Å². The van der Waals surface area contributed by atoms with Gasteiger partial charge >= 0.3 is 0 Å².